The number of rotatable bonds is 3. The molecule has 1 aromatic carbocycles. The maximum atomic E-state index is 12.6. The summed E-state index contributed by atoms with van der Waals surface area (Å²) in [6.45, 7) is 0.0148. The zero-order valence-corrected chi connectivity index (χ0v) is 8.31. The average Bonchev–Trinajstić information content (AvgIpc) is 2.65. The zero-order chi connectivity index (χ0) is 11.5. The van der Waals surface area contributed by atoms with E-state index in [4.69, 9.17) is 9.83 Å². The molecule has 0 aliphatic carbocycles. The first kappa shape index (κ1) is 10.4. The molecule has 1 N–H and O–H groups in total. The molecule has 0 aliphatic heterocycles. The summed E-state index contributed by atoms with van der Waals surface area (Å²) in [7, 11) is 0. The number of Topliss-reactive ketones (excluding diaryl/α,β-unsaturated/α-hetero) is 1. The van der Waals surface area contributed by atoms with E-state index in [2.05, 4.69) is 0 Å². The van der Waals surface area contributed by atoms with E-state index in [1.165, 1.54) is 41.3 Å². The fraction of sp³-hybridized carbons (Fsp3) is 0.0909. The summed E-state index contributed by atoms with van der Waals surface area (Å²) in [6.07, 6.45) is 2.84. The second-order valence-corrected chi connectivity index (χ2v) is 3.27. The molecule has 0 saturated heterocycles. The third-order valence-corrected chi connectivity index (χ3v) is 2.16. The Morgan fingerprint density at radius 3 is 2.62 bits per heavy atom. The van der Waals surface area contributed by atoms with Crippen LogP contribution in [0.15, 0.2) is 41.1 Å². The van der Waals surface area contributed by atoms with Crippen LogP contribution in [0.4, 0.5) is 4.39 Å². The van der Waals surface area contributed by atoms with E-state index in [0.717, 1.165) is 0 Å². The average molecular weight is 220 g/mol. The summed E-state index contributed by atoms with van der Waals surface area (Å²) in [6, 6.07) is 5.30. The van der Waals surface area contributed by atoms with Crippen LogP contribution in [0.3, 0.4) is 0 Å². The molecular weight excluding hydrogens is 211 g/mol. The molecule has 1 heterocycles. The van der Waals surface area contributed by atoms with Crippen LogP contribution in [-0.2, 0) is 6.54 Å². The van der Waals surface area contributed by atoms with Crippen LogP contribution in [0.25, 0.3) is 0 Å². The Hall–Kier alpha value is -2.17. The van der Waals surface area contributed by atoms with E-state index in [0.29, 0.717) is 5.56 Å². The quantitative estimate of drug-likeness (QED) is 0.798. The van der Waals surface area contributed by atoms with Gasteiger partial charge in [0.1, 0.15) is 12.1 Å². The molecule has 82 valence electrons. The molecule has 16 heavy (non-hydrogen) atoms. The number of benzene rings is 1. The fourth-order valence-electron chi connectivity index (χ4n) is 1.31. The van der Waals surface area contributed by atoms with E-state index >= 15 is 0 Å². The van der Waals surface area contributed by atoms with E-state index in [1.807, 2.05) is 0 Å². The van der Waals surface area contributed by atoms with Crippen LogP contribution in [-0.4, -0.2) is 10.4 Å². The van der Waals surface area contributed by atoms with Crippen molar-refractivity contribution < 1.29 is 13.6 Å². The van der Waals surface area contributed by atoms with Crippen LogP contribution < -0.4 is 5.68 Å². The Bertz CT molecular complexity index is 554. The monoisotopic (exact) mass is 220 g/mol. The smallest absolute Gasteiger partial charge is 0.294 e. The first-order valence-corrected chi connectivity index (χ1v) is 4.64. The summed E-state index contributed by atoms with van der Waals surface area (Å²) >= 11 is 0. The normalized spacial score (nSPS) is 10.3. The van der Waals surface area contributed by atoms with Gasteiger partial charge in [-0.05, 0) is 24.3 Å². The van der Waals surface area contributed by atoms with Crippen molar-refractivity contribution in [2.24, 2.45) is 0 Å². The summed E-state index contributed by atoms with van der Waals surface area (Å²) in [5.41, 5.74) is 0.324. The van der Waals surface area contributed by atoms with Crippen molar-refractivity contribution in [3.63, 3.8) is 0 Å². The van der Waals surface area contributed by atoms with Crippen LogP contribution in [0.1, 0.15) is 10.4 Å². The van der Waals surface area contributed by atoms with E-state index in [9.17, 15) is 9.18 Å². The van der Waals surface area contributed by atoms with Crippen molar-refractivity contribution in [1.29, 1.82) is 5.41 Å². The van der Waals surface area contributed by atoms with E-state index in [1.54, 1.807) is 0 Å². The highest BCUT2D eigenvalue weighted by atomic mass is 19.1. The molecule has 0 aliphatic rings. The highest BCUT2D eigenvalue weighted by molar-refractivity contribution is 5.95. The molecule has 0 bridgehead atoms. The van der Waals surface area contributed by atoms with Gasteiger partial charge in [0.05, 0.1) is 6.54 Å². The number of hydrogen-bond acceptors (Lipinski definition) is 3. The Morgan fingerprint density at radius 2 is 2.06 bits per heavy atom. The fourth-order valence-corrected chi connectivity index (χ4v) is 1.31. The van der Waals surface area contributed by atoms with Crippen LogP contribution in [0.5, 0.6) is 0 Å². The largest absolute Gasteiger partial charge is 0.432 e. The van der Waals surface area contributed by atoms with Gasteiger partial charge in [-0.2, -0.15) is 0 Å². The third-order valence-electron chi connectivity index (χ3n) is 2.16. The maximum Gasteiger partial charge on any atom is 0.294 e. The molecule has 0 unspecified atom stereocenters. The zero-order valence-electron chi connectivity index (χ0n) is 8.31. The minimum absolute atomic E-state index is 0.0148. The number of aromatic nitrogens is 1. The molecule has 5 heteroatoms. The molecule has 0 amide bonds. The van der Waals surface area contributed by atoms with Crippen LogP contribution >= 0.6 is 0 Å². The summed E-state index contributed by atoms with van der Waals surface area (Å²) in [4.78, 5) is 11.7. The Labute approximate surface area is 90.5 Å². The van der Waals surface area contributed by atoms with Gasteiger partial charge in [-0.1, -0.05) is 0 Å². The van der Waals surface area contributed by atoms with Gasteiger partial charge in [-0.25, -0.2) is 4.39 Å². The lowest BCUT2D eigenvalue weighted by molar-refractivity contribution is 0.0968. The highest BCUT2D eigenvalue weighted by Crippen LogP contribution is 2.04. The van der Waals surface area contributed by atoms with Gasteiger partial charge in [0.25, 0.3) is 5.68 Å². The third kappa shape index (κ3) is 2.08. The number of hydrogen-bond donors (Lipinski definition) is 1. The van der Waals surface area contributed by atoms with Crippen LogP contribution in [0, 0.1) is 11.2 Å². The number of ketones is 1. The van der Waals surface area contributed by atoms with Crippen LogP contribution in [0.2, 0.25) is 0 Å². The van der Waals surface area contributed by atoms with Crippen molar-refractivity contribution in [2.75, 3.05) is 0 Å². The number of nitrogens with zero attached hydrogens (tertiary/aromatic N) is 1. The molecule has 0 radical (unpaired) electrons. The molecule has 0 spiro atoms. The van der Waals surface area contributed by atoms with Crippen molar-refractivity contribution in [3.8, 4) is 0 Å². The predicted molar refractivity (Wildman–Crippen MR) is 53.3 cm³/mol. The Kier molecular flexibility index (Phi) is 2.68. The number of halogens is 1. The molecule has 2 aromatic rings. The van der Waals surface area contributed by atoms with Crippen molar-refractivity contribution in [3.05, 3.63) is 53.8 Å². The number of carbonyl (C=O) groups excluding carboxylic acids is 1. The van der Waals surface area contributed by atoms with Gasteiger partial charge in [0.15, 0.2) is 5.78 Å². The van der Waals surface area contributed by atoms with Gasteiger partial charge in [-0.15, -0.1) is 0 Å². The van der Waals surface area contributed by atoms with Gasteiger partial charge >= 0.3 is 0 Å². The Morgan fingerprint density at radius 1 is 1.38 bits per heavy atom. The first-order valence-electron chi connectivity index (χ1n) is 4.64. The standard InChI is InChI=1S/C11H9FN2O2/c12-9-3-1-8(2-4-9)10(15)7-14-5-6-16-11(14)13/h1-6,13H,7H2. The molecule has 4 nitrogen and oxygen atoms in total. The van der Waals surface area contributed by atoms with Gasteiger partial charge in [-0.3, -0.25) is 14.8 Å². The first-order chi connectivity index (χ1) is 7.66. The SMILES string of the molecule is N=c1occn1CC(=O)c1ccc(F)cc1. The minimum atomic E-state index is -0.381. The van der Waals surface area contributed by atoms with Crippen molar-refractivity contribution in [2.45, 2.75) is 6.54 Å². The molecule has 2 rings (SSSR count). The number of carbonyl (C=O) groups is 1. The van der Waals surface area contributed by atoms with Crippen molar-refractivity contribution >= 4 is 5.78 Å². The summed E-state index contributed by atoms with van der Waals surface area (Å²) < 4.78 is 18.7. The Balaban J connectivity index is 2.18. The molecular formula is C11H9FN2O2. The summed E-state index contributed by atoms with van der Waals surface area (Å²) in [5.74, 6) is -0.575. The summed E-state index contributed by atoms with van der Waals surface area (Å²) in [5, 5.41) is 7.32. The van der Waals surface area contributed by atoms with Crippen molar-refractivity contribution in [1.82, 2.24) is 4.57 Å². The lowest BCUT2D eigenvalue weighted by Crippen LogP contribution is -2.19. The van der Waals surface area contributed by atoms with Gasteiger partial charge in [0.2, 0.25) is 0 Å². The minimum Gasteiger partial charge on any atom is -0.432 e. The molecule has 1 aromatic heterocycles. The second kappa shape index (κ2) is 4.14. The number of oxazole rings is 1. The van der Waals surface area contributed by atoms with E-state index in [-0.39, 0.29) is 23.8 Å². The van der Waals surface area contributed by atoms with Gasteiger partial charge in [0, 0.05) is 11.8 Å². The highest BCUT2D eigenvalue weighted by Gasteiger charge is 2.07. The predicted octanol–water partition coefficient (Wildman–Crippen LogP) is 1.58. The van der Waals surface area contributed by atoms with Gasteiger partial charge < -0.3 is 4.42 Å². The lowest BCUT2D eigenvalue weighted by atomic mass is 10.1. The molecule has 0 fully saturated rings. The second-order valence-electron chi connectivity index (χ2n) is 3.27. The van der Waals surface area contributed by atoms with E-state index < -0.39 is 0 Å². The molecule has 0 saturated carbocycles. The topological polar surface area (TPSA) is 59.0 Å². The lowest BCUT2D eigenvalue weighted by Gasteiger charge is -2.01. The maximum absolute atomic E-state index is 12.6. The molecule has 0 atom stereocenters. The number of nitrogens with one attached hydrogen (secondary N) is 1.